The highest BCUT2D eigenvalue weighted by Gasteiger charge is 2.45. The number of hydrogen-bond donors (Lipinski definition) is 0. The van der Waals surface area contributed by atoms with Crippen molar-refractivity contribution in [1.82, 2.24) is 14.7 Å². The van der Waals surface area contributed by atoms with Crippen LogP contribution in [0.5, 0.6) is 0 Å². The van der Waals surface area contributed by atoms with Crippen LogP contribution in [0, 0.1) is 5.92 Å². The number of halogens is 1. The van der Waals surface area contributed by atoms with Gasteiger partial charge in [-0.25, -0.2) is 9.69 Å². The van der Waals surface area contributed by atoms with Crippen molar-refractivity contribution in [3.8, 4) is 0 Å². The molecule has 134 valence electrons. The minimum absolute atomic E-state index is 0.0314. The average molecular weight is 366 g/mol. The van der Waals surface area contributed by atoms with Crippen molar-refractivity contribution in [1.29, 1.82) is 0 Å². The van der Waals surface area contributed by atoms with Crippen molar-refractivity contribution >= 4 is 35.4 Å². The van der Waals surface area contributed by atoms with Gasteiger partial charge in [0.2, 0.25) is 5.91 Å². The van der Waals surface area contributed by atoms with Gasteiger partial charge in [-0.05, 0) is 23.6 Å². The van der Waals surface area contributed by atoms with Crippen molar-refractivity contribution in [2.45, 2.75) is 20.4 Å². The van der Waals surface area contributed by atoms with Crippen LogP contribution in [0.1, 0.15) is 19.4 Å². The fourth-order valence-corrected chi connectivity index (χ4v) is 2.55. The number of imide groups is 2. The molecule has 0 aromatic heterocycles. The highest BCUT2D eigenvalue weighted by Crippen LogP contribution is 2.15. The second kappa shape index (κ2) is 7.65. The Morgan fingerprint density at radius 1 is 1.08 bits per heavy atom. The standard InChI is InChI=1S/C17H20ClN3O4/c1-11(2)8-20-15(23)16(24)21(17(20)25)10-14(22)19(3)9-12-4-6-13(18)7-5-12/h4-7,11H,8-10H2,1-3H3. The van der Waals surface area contributed by atoms with Gasteiger partial charge < -0.3 is 4.90 Å². The Labute approximate surface area is 151 Å². The largest absolute Gasteiger partial charge is 0.340 e. The third-order valence-corrected chi connectivity index (χ3v) is 3.99. The molecule has 1 fully saturated rings. The minimum Gasteiger partial charge on any atom is -0.340 e. The maximum absolute atomic E-state index is 12.3. The lowest BCUT2D eigenvalue weighted by Crippen LogP contribution is -2.42. The SMILES string of the molecule is CC(C)CN1C(=O)C(=O)N(CC(=O)N(C)Cc2ccc(Cl)cc2)C1=O. The Bertz CT molecular complexity index is 702. The summed E-state index contributed by atoms with van der Waals surface area (Å²) in [5, 5.41) is 0.592. The molecule has 5 amide bonds. The van der Waals surface area contributed by atoms with Crippen molar-refractivity contribution in [2.75, 3.05) is 20.1 Å². The summed E-state index contributed by atoms with van der Waals surface area (Å²) in [5.41, 5.74) is 0.858. The van der Waals surface area contributed by atoms with Crippen LogP contribution in [0.2, 0.25) is 5.02 Å². The maximum Gasteiger partial charge on any atom is 0.334 e. The van der Waals surface area contributed by atoms with E-state index >= 15 is 0 Å². The predicted octanol–water partition coefficient (Wildman–Crippen LogP) is 1.75. The molecule has 0 atom stereocenters. The summed E-state index contributed by atoms with van der Waals surface area (Å²) in [6, 6.07) is 6.26. The average Bonchev–Trinajstić information content (AvgIpc) is 2.74. The van der Waals surface area contributed by atoms with Crippen LogP contribution >= 0.6 is 11.6 Å². The molecular weight excluding hydrogens is 346 g/mol. The topological polar surface area (TPSA) is 78.0 Å². The van der Waals surface area contributed by atoms with Gasteiger partial charge in [0.05, 0.1) is 0 Å². The van der Waals surface area contributed by atoms with E-state index in [0.717, 1.165) is 10.5 Å². The molecule has 1 aromatic carbocycles. The van der Waals surface area contributed by atoms with Gasteiger partial charge in [-0.1, -0.05) is 37.6 Å². The molecule has 1 aliphatic rings. The lowest BCUT2D eigenvalue weighted by molar-refractivity contribution is -0.144. The van der Waals surface area contributed by atoms with Crippen molar-refractivity contribution < 1.29 is 19.2 Å². The summed E-state index contributed by atoms with van der Waals surface area (Å²) in [5.74, 6) is -2.24. The number of hydrogen-bond acceptors (Lipinski definition) is 4. The summed E-state index contributed by atoms with van der Waals surface area (Å²) >= 11 is 5.82. The first kappa shape index (κ1) is 18.9. The summed E-state index contributed by atoms with van der Waals surface area (Å²) in [6.07, 6.45) is 0. The molecule has 1 heterocycles. The molecule has 0 saturated carbocycles. The lowest BCUT2D eigenvalue weighted by Gasteiger charge is -2.21. The van der Waals surface area contributed by atoms with Crippen LogP contribution in [0.15, 0.2) is 24.3 Å². The number of likely N-dealkylation sites (N-methyl/N-ethyl adjacent to an activating group) is 1. The summed E-state index contributed by atoms with van der Waals surface area (Å²) in [4.78, 5) is 51.4. The van der Waals surface area contributed by atoms with Gasteiger partial charge in [-0.15, -0.1) is 0 Å². The third kappa shape index (κ3) is 4.36. The van der Waals surface area contributed by atoms with Gasteiger partial charge in [-0.2, -0.15) is 0 Å². The number of nitrogens with zero attached hydrogens (tertiary/aromatic N) is 3. The van der Waals surface area contributed by atoms with E-state index in [1.54, 1.807) is 31.3 Å². The summed E-state index contributed by atoms with van der Waals surface area (Å²) < 4.78 is 0. The highest BCUT2D eigenvalue weighted by molar-refractivity contribution is 6.45. The number of rotatable bonds is 6. The van der Waals surface area contributed by atoms with Gasteiger partial charge in [-0.3, -0.25) is 19.3 Å². The van der Waals surface area contributed by atoms with Crippen molar-refractivity contribution in [3.05, 3.63) is 34.9 Å². The number of carbonyl (C=O) groups excluding carboxylic acids is 4. The molecule has 7 nitrogen and oxygen atoms in total. The second-order valence-electron chi connectivity index (χ2n) is 6.36. The van der Waals surface area contributed by atoms with E-state index in [9.17, 15) is 19.2 Å². The Balaban J connectivity index is 2.01. The molecule has 0 spiro atoms. The van der Waals surface area contributed by atoms with Gasteiger partial charge in [0.25, 0.3) is 0 Å². The minimum atomic E-state index is -0.959. The number of carbonyl (C=O) groups is 4. The first-order chi connectivity index (χ1) is 11.7. The van der Waals surface area contributed by atoms with E-state index in [2.05, 4.69) is 0 Å². The Morgan fingerprint density at radius 2 is 1.64 bits per heavy atom. The molecule has 0 aliphatic carbocycles. The number of amides is 5. The molecule has 0 radical (unpaired) electrons. The smallest absolute Gasteiger partial charge is 0.334 e. The van der Waals surface area contributed by atoms with Crippen LogP contribution in [0.4, 0.5) is 4.79 Å². The molecule has 1 saturated heterocycles. The second-order valence-corrected chi connectivity index (χ2v) is 6.80. The zero-order valence-electron chi connectivity index (χ0n) is 14.4. The van der Waals surface area contributed by atoms with Crippen LogP contribution in [0.25, 0.3) is 0 Å². The Morgan fingerprint density at radius 3 is 2.20 bits per heavy atom. The molecule has 0 bridgehead atoms. The fourth-order valence-electron chi connectivity index (χ4n) is 2.42. The maximum atomic E-state index is 12.3. The number of benzene rings is 1. The highest BCUT2D eigenvalue weighted by atomic mass is 35.5. The van der Waals surface area contributed by atoms with Gasteiger partial charge >= 0.3 is 17.8 Å². The van der Waals surface area contributed by atoms with Crippen LogP contribution in [-0.2, 0) is 20.9 Å². The summed E-state index contributed by atoms with van der Waals surface area (Å²) in [6.45, 7) is 3.66. The third-order valence-electron chi connectivity index (χ3n) is 3.73. The van der Waals surface area contributed by atoms with Crippen molar-refractivity contribution in [2.24, 2.45) is 5.92 Å². The van der Waals surface area contributed by atoms with E-state index in [4.69, 9.17) is 11.6 Å². The van der Waals surface area contributed by atoms with Crippen LogP contribution in [-0.4, -0.2) is 58.6 Å². The molecule has 1 aliphatic heterocycles. The van der Waals surface area contributed by atoms with Crippen LogP contribution in [0.3, 0.4) is 0 Å². The van der Waals surface area contributed by atoms with E-state index in [1.165, 1.54) is 4.90 Å². The van der Waals surface area contributed by atoms with Gasteiger partial charge in [0.1, 0.15) is 6.54 Å². The van der Waals surface area contributed by atoms with E-state index in [-0.39, 0.29) is 12.5 Å². The van der Waals surface area contributed by atoms with E-state index in [0.29, 0.717) is 16.5 Å². The molecule has 0 N–H and O–H groups in total. The summed E-state index contributed by atoms with van der Waals surface area (Å²) in [7, 11) is 1.57. The van der Waals surface area contributed by atoms with Gasteiger partial charge in [0.15, 0.2) is 0 Å². The molecule has 25 heavy (non-hydrogen) atoms. The zero-order valence-corrected chi connectivity index (χ0v) is 15.1. The predicted molar refractivity (Wildman–Crippen MR) is 91.6 cm³/mol. The van der Waals surface area contributed by atoms with E-state index < -0.39 is 30.3 Å². The van der Waals surface area contributed by atoms with Gasteiger partial charge in [0, 0.05) is 25.2 Å². The lowest BCUT2D eigenvalue weighted by atomic mass is 10.2. The van der Waals surface area contributed by atoms with Crippen LogP contribution < -0.4 is 0 Å². The first-order valence-corrected chi connectivity index (χ1v) is 8.24. The molecule has 0 unspecified atom stereocenters. The Kier molecular flexibility index (Phi) is 5.79. The normalized spacial score (nSPS) is 14.7. The fraction of sp³-hybridized carbons (Fsp3) is 0.412. The van der Waals surface area contributed by atoms with E-state index in [1.807, 2.05) is 13.8 Å². The first-order valence-electron chi connectivity index (χ1n) is 7.86. The molecular formula is C17H20ClN3O4. The molecule has 2 rings (SSSR count). The zero-order chi connectivity index (χ0) is 18.7. The molecule has 1 aromatic rings. The number of urea groups is 1. The molecule has 8 heteroatoms. The van der Waals surface area contributed by atoms with Crippen molar-refractivity contribution in [3.63, 3.8) is 0 Å². The monoisotopic (exact) mass is 365 g/mol. The Hall–Kier alpha value is -2.41. The quantitative estimate of drug-likeness (QED) is 0.568.